The van der Waals surface area contributed by atoms with Gasteiger partial charge < -0.3 is 10.6 Å². The number of nitrogens with two attached hydrogens (primary N) is 1. The van der Waals surface area contributed by atoms with E-state index >= 15 is 0 Å². The molecule has 2 fully saturated rings. The van der Waals surface area contributed by atoms with Crippen LogP contribution in [0.2, 0.25) is 0 Å². The van der Waals surface area contributed by atoms with Gasteiger partial charge in [-0.25, -0.2) is 4.98 Å². The van der Waals surface area contributed by atoms with Gasteiger partial charge in [0.05, 0.1) is 5.56 Å². The average Bonchev–Trinajstić information content (AvgIpc) is 2.84. The van der Waals surface area contributed by atoms with Crippen LogP contribution in [0.1, 0.15) is 48.9 Å². The first-order valence-electron chi connectivity index (χ1n) is 7.62. The zero-order valence-electron chi connectivity index (χ0n) is 12.4. The van der Waals surface area contributed by atoms with Gasteiger partial charge in [-0.05, 0) is 57.1 Å². The lowest BCUT2D eigenvalue weighted by Crippen LogP contribution is -2.44. The molecule has 1 saturated heterocycles. The molecule has 2 N–H and O–H groups in total. The van der Waals surface area contributed by atoms with E-state index < -0.39 is 0 Å². The molecule has 3 rings (SSSR count). The number of aromatic nitrogens is 1. The third kappa shape index (κ3) is 2.30. The van der Waals surface area contributed by atoms with Crippen molar-refractivity contribution in [3.63, 3.8) is 0 Å². The second-order valence-corrected chi connectivity index (χ2v) is 6.68. The first-order valence-corrected chi connectivity index (χ1v) is 8.03. The van der Waals surface area contributed by atoms with Gasteiger partial charge in [0, 0.05) is 18.3 Å². The van der Waals surface area contributed by atoms with E-state index in [4.69, 9.17) is 22.9 Å². The van der Waals surface area contributed by atoms with E-state index in [9.17, 15) is 0 Å². The normalized spacial score (nSPS) is 25.6. The highest BCUT2D eigenvalue weighted by Gasteiger charge is 2.36. The Labute approximate surface area is 126 Å². The van der Waals surface area contributed by atoms with Crippen LogP contribution in [0.3, 0.4) is 0 Å². The molecule has 2 heterocycles. The summed E-state index contributed by atoms with van der Waals surface area (Å²) in [4.78, 5) is 7.77. The van der Waals surface area contributed by atoms with Crippen LogP contribution in [0.5, 0.6) is 0 Å². The van der Waals surface area contributed by atoms with Gasteiger partial charge in [0.1, 0.15) is 10.8 Å². The van der Waals surface area contributed by atoms with Crippen molar-refractivity contribution in [1.29, 1.82) is 0 Å². The molecule has 0 aromatic carbocycles. The predicted molar refractivity (Wildman–Crippen MR) is 87.3 cm³/mol. The average molecular weight is 289 g/mol. The number of hydrogen-bond acceptors (Lipinski definition) is 3. The van der Waals surface area contributed by atoms with Gasteiger partial charge >= 0.3 is 0 Å². The molecule has 1 saturated carbocycles. The number of rotatable bonds is 2. The van der Waals surface area contributed by atoms with Crippen LogP contribution < -0.4 is 10.6 Å². The van der Waals surface area contributed by atoms with Crippen LogP contribution in [0.15, 0.2) is 6.07 Å². The van der Waals surface area contributed by atoms with Crippen LogP contribution in [0.4, 0.5) is 5.82 Å². The summed E-state index contributed by atoms with van der Waals surface area (Å²) >= 11 is 5.28. The zero-order valence-corrected chi connectivity index (χ0v) is 13.2. The van der Waals surface area contributed by atoms with Crippen LogP contribution in [-0.2, 0) is 0 Å². The fourth-order valence-corrected chi connectivity index (χ4v) is 4.30. The number of fused-ring (bicyclic) bond motifs is 1. The van der Waals surface area contributed by atoms with Crippen molar-refractivity contribution < 1.29 is 0 Å². The fourth-order valence-electron chi connectivity index (χ4n) is 4.05. The molecule has 1 aliphatic heterocycles. The minimum Gasteiger partial charge on any atom is -0.389 e. The summed E-state index contributed by atoms with van der Waals surface area (Å²) in [5.41, 5.74) is 9.16. The van der Waals surface area contributed by atoms with Crippen molar-refractivity contribution >= 4 is 23.0 Å². The Morgan fingerprint density at radius 2 is 2.05 bits per heavy atom. The number of pyridine rings is 1. The Morgan fingerprint density at radius 1 is 1.30 bits per heavy atom. The van der Waals surface area contributed by atoms with E-state index in [0.29, 0.717) is 11.0 Å². The van der Waals surface area contributed by atoms with E-state index in [0.717, 1.165) is 35.1 Å². The molecule has 1 aromatic heterocycles. The Kier molecular flexibility index (Phi) is 3.67. The molecule has 1 aromatic rings. The molecule has 0 radical (unpaired) electrons. The third-order valence-electron chi connectivity index (χ3n) is 4.84. The van der Waals surface area contributed by atoms with E-state index in [-0.39, 0.29) is 0 Å². The molecule has 2 unspecified atom stereocenters. The number of aryl methyl sites for hydroxylation is 2. The van der Waals surface area contributed by atoms with Crippen molar-refractivity contribution in [3.05, 3.63) is 22.9 Å². The summed E-state index contributed by atoms with van der Waals surface area (Å²) in [6, 6.07) is 2.72. The Bertz CT molecular complexity index is 541. The van der Waals surface area contributed by atoms with Crippen molar-refractivity contribution in [2.45, 2.75) is 52.0 Å². The molecule has 108 valence electrons. The number of hydrogen-bond donors (Lipinski definition) is 1. The lowest BCUT2D eigenvalue weighted by atomic mass is 9.91. The maximum atomic E-state index is 5.97. The van der Waals surface area contributed by atoms with Crippen LogP contribution >= 0.6 is 12.2 Å². The SMILES string of the molecule is Cc1cc(C)c(C(N)=S)c(N2CCCC3CCCC32)n1. The molecule has 1 aliphatic carbocycles. The molecule has 2 aliphatic rings. The highest BCUT2D eigenvalue weighted by molar-refractivity contribution is 7.80. The van der Waals surface area contributed by atoms with Crippen LogP contribution in [-0.4, -0.2) is 22.6 Å². The topological polar surface area (TPSA) is 42.1 Å². The summed E-state index contributed by atoms with van der Waals surface area (Å²) in [5, 5.41) is 0. The largest absolute Gasteiger partial charge is 0.389 e. The van der Waals surface area contributed by atoms with Gasteiger partial charge in [-0.3, -0.25) is 0 Å². The lowest BCUT2D eigenvalue weighted by molar-refractivity contribution is 0.360. The highest BCUT2D eigenvalue weighted by Crippen LogP contribution is 2.39. The van der Waals surface area contributed by atoms with Gasteiger partial charge in [0.2, 0.25) is 0 Å². The standard InChI is InChI=1S/C16H23N3S/c1-10-9-11(2)18-16(14(10)15(17)20)19-8-4-6-12-5-3-7-13(12)19/h9,12-13H,3-8H2,1-2H3,(H2,17,20). The smallest absolute Gasteiger partial charge is 0.139 e. The minimum absolute atomic E-state index is 0.477. The minimum atomic E-state index is 0.477. The summed E-state index contributed by atoms with van der Waals surface area (Å²) < 4.78 is 0. The number of anilines is 1. The zero-order chi connectivity index (χ0) is 14.3. The lowest BCUT2D eigenvalue weighted by Gasteiger charge is -2.39. The first-order chi connectivity index (χ1) is 9.58. The highest BCUT2D eigenvalue weighted by atomic mass is 32.1. The molecular weight excluding hydrogens is 266 g/mol. The van der Waals surface area contributed by atoms with Gasteiger partial charge in [-0.1, -0.05) is 18.6 Å². The van der Waals surface area contributed by atoms with Crippen molar-refractivity contribution in [2.75, 3.05) is 11.4 Å². The number of thiocarbonyl (C=S) groups is 1. The summed E-state index contributed by atoms with van der Waals surface area (Å²) in [6.45, 7) is 5.23. The van der Waals surface area contributed by atoms with E-state index in [2.05, 4.69) is 24.8 Å². The molecular formula is C16H23N3S. The Balaban J connectivity index is 2.06. The molecule has 0 bridgehead atoms. The maximum Gasteiger partial charge on any atom is 0.139 e. The van der Waals surface area contributed by atoms with Crippen LogP contribution in [0.25, 0.3) is 0 Å². The number of nitrogens with zero attached hydrogens (tertiary/aromatic N) is 2. The van der Waals surface area contributed by atoms with E-state index in [1.54, 1.807) is 0 Å². The second kappa shape index (κ2) is 5.32. The van der Waals surface area contributed by atoms with Crippen molar-refractivity contribution in [1.82, 2.24) is 4.98 Å². The third-order valence-corrected chi connectivity index (χ3v) is 5.04. The first kappa shape index (κ1) is 13.8. The summed E-state index contributed by atoms with van der Waals surface area (Å²) in [5.74, 6) is 1.87. The van der Waals surface area contributed by atoms with Gasteiger partial charge in [0.25, 0.3) is 0 Å². The Morgan fingerprint density at radius 3 is 2.80 bits per heavy atom. The molecule has 2 atom stereocenters. The quantitative estimate of drug-likeness (QED) is 0.850. The molecule has 4 heteroatoms. The summed E-state index contributed by atoms with van der Waals surface area (Å²) in [6.07, 6.45) is 6.63. The molecule has 3 nitrogen and oxygen atoms in total. The molecule has 0 spiro atoms. The maximum absolute atomic E-state index is 5.97. The van der Waals surface area contributed by atoms with Crippen molar-refractivity contribution in [2.24, 2.45) is 11.7 Å². The number of piperidine rings is 1. The van der Waals surface area contributed by atoms with Gasteiger partial charge in [-0.2, -0.15) is 0 Å². The van der Waals surface area contributed by atoms with Crippen molar-refractivity contribution in [3.8, 4) is 0 Å². The summed E-state index contributed by atoms with van der Waals surface area (Å²) in [7, 11) is 0. The second-order valence-electron chi connectivity index (χ2n) is 6.24. The molecule has 0 amide bonds. The van der Waals surface area contributed by atoms with Gasteiger partial charge in [-0.15, -0.1) is 0 Å². The van der Waals surface area contributed by atoms with Gasteiger partial charge in [0.15, 0.2) is 0 Å². The van der Waals surface area contributed by atoms with Crippen LogP contribution in [0, 0.1) is 19.8 Å². The predicted octanol–water partition coefficient (Wildman–Crippen LogP) is 3.10. The van der Waals surface area contributed by atoms with E-state index in [1.165, 1.54) is 32.1 Å². The van der Waals surface area contributed by atoms with E-state index in [1.807, 2.05) is 0 Å². The monoisotopic (exact) mass is 289 g/mol. The fraction of sp³-hybridized carbons (Fsp3) is 0.625. The Hall–Kier alpha value is -1.16. The molecule has 20 heavy (non-hydrogen) atoms.